The van der Waals surface area contributed by atoms with Gasteiger partial charge in [0.05, 0.1) is 11.8 Å². The highest BCUT2D eigenvalue weighted by molar-refractivity contribution is 6.15. The van der Waals surface area contributed by atoms with Crippen molar-refractivity contribution in [3.05, 3.63) is 29.8 Å². The molecule has 4 aliphatic rings. The van der Waals surface area contributed by atoms with Crippen LogP contribution in [0.5, 0.6) is 0 Å². The van der Waals surface area contributed by atoms with Gasteiger partial charge >= 0.3 is 0 Å². The summed E-state index contributed by atoms with van der Waals surface area (Å²) in [7, 11) is 0. The maximum atomic E-state index is 13.5. The Morgan fingerprint density at radius 3 is 2.57 bits per heavy atom. The zero-order valence-electron chi connectivity index (χ0n) is 15.3. The summed E-state index contributed by atoms with van der Waals surface area (Å²) in [5.74, 6) is -3.15. The van der Waals surface area contributed by atoms with Crippen LogP contribution in [-0.2, 0) is 24.7 Å². The average Bonchev–Trinajstić information content (AvgIpc) is 3.37. The van der Waals surface area contributed by atoms with Gasteiger partial charge in [0.25, 0.3) is 0 Å². The number of primary amides is 1. The molecule has 3 aliphatic heterocycles. The van der Waals surface area contributed by atoms with Crippen LogP contribution in [0, 0.1) is 11.8 Å². The molecule has 4 N–H and O–H groups in total. The monoisotopic (exact) mass is 382 g/mol. The van der Waals surface area contributed by atoms with E-state index in [1.165, 1.54) is 4.90 Å². The number of carbonyl (C=O) groups is 4. The minimum absolute atomic E-state index is 0.101. The third kappa shape index (κ3) is 2.09. The van der Waals surface area contributed by atoms with E-state index in [9.17, 15) is 19.2 Å². The fourth-order valence-corrected chi connectivity index (χ4v) is 5.69. The number of rotatable bonds is 3. The number of likely N-dealkylation sites (tertiary alicyclic amines) is 1. The van der Waals surface area contributed by atoms with Crippen LogP contribution in [0.15, 0.2) is 24.3 Å². The summed E-state index contributed by atoms with van der Waals surface area (Å²) in [5, 5.41) is 6.03. The molecule has 146 valence electrons. The molecule has 1 aromatic rings. The number of benzene rings is 1. The van der Waals surface area contributed by atoms with Gasteiger partial charge in [0.1, 0.15) is 5.54 Å². The fraction of sp³-hybridized carbons (Fsp3) is 0.500. The van der Waals surface area contributed by atoms with E-state index >= 15 is 0 Å². The van der Waals surface area contributed by atoms with Crippen LogP contribution in [0.25, 0.3) is 0 Å². The Hall–Kier alpha value is -2.74. The van der Waals surface area contributed by atoms with E-state index < -0.39 is 29.3 Å². The number of nitrogens with one attached hydrogen (secondary N) is 2. The van der Waals surface area contributed by atoms with Gasteiger partial charge in [-0.15, -0.1) is 0 Å². The van der Waals surface area contributed by atoms with Crippen molar-refractivity contribution in [1.29, 1.82) is 0 Å². The van der Waals surface area contributed by atoms with Gasteiger partial charge in [0, 0.05) is 29.8 Å². The maximum absolute atomic E-state index is 13.5. The molecule has 4 atom stereocenters. The molecule has 3 fully saturated rings. The number of carbonyl (C=O) groups excluding carboxylic acids is 4. The Kier molecular flexibility index (Phi) is 3.64. The lowest BCUT2D eigenvalue weighted by Gasteiger charge is -2.31. The van der Waals surface area contributed by atoms with Crippen molar-refractivity contribution in [1.82, 2.24) is 10.2 Å². The molecule has 3 heterocycles. The zero-order chi connectivity index (χ0) is 19.6. The Labute approximate surface area is 161 Å². The van der Waals surface area contributed by atoms with Crippen molar-refractivity contribution in [3.63, 3.8) is 0 Å². The van der Waals surface area contributed by atoms with E-state index in [1.54, 1.807) is 24.3 Å². The van der Waals surface area contributed by atoms with Crippen molar-refractivity contribution < 1.29 is 19.2 Å². The lowest BCUT2D eigenvalue weighted by atomic mass is 9.76. The van der Waals surface area contributed by atoms with E-state index in [-0.39, 0.29) is 30.2 Å². The average molecular weight is 382 g/mol. The molecule has 1 aliphatic carbocycles. The highest BCUT2D eigenvalue weighted by atomic mass is 16.2. The first kappa shape index (κ1) is 17.4. The molecule has 4 amide bonds. The SMILES string of the molecule is NC(=O)C[C@H]1N[C@]2(C(=O)Nc3ccccc32)[C@@H]2C(=O)N(C3CCCC3)C(=O)[C@@H]21. The first-order chi connectivity index (χ1) is 13.4. The third-order valence-corrected chi connectivity index (χ3v) is 6.77. The molecular formula is C20H22N4O4. The highest BCUT2D eigenvalue weighted by Crippen LogP contribution is 2.54. The second kappa shape index (κ2) is 5.88. The molecule has 0 bridgehead atoms. The Morgan fingerprint density at radius 2 is 1.86 bits per heavy atom. The molecule has 1 spiro atoms. The van der Waals surface area contributed by atoms with Gasteiger partial charge < -0.3 is 11.1 Å². The number of fused-ring (bicyclic) bond motifs is 4. The van der Waals surface area contributed by atoms with Gasteiger partial charge in [0.15, 0.2) is 0 Å². The van der Waals surface area contributed by atoms with Crippen molar-refractivity contribution in [3.8, 4) is 0 Å². The van der Waals surface area contributed by atoms with Gasteiger partial charge in [-0.3, -0.25) is 29.4 Å². The molecule has 8 nitrogen and oxygen atoms in total. The normalized spacial score (nSPS) is 34.2. The molecular weight excluding hydrogens is 360 g/mol. The van der Waals surface area contributed by atoms with Crippen LogP contribution in [0.4, 0.5) is 5.69 Å². The van der Waals surface area contributed by atoms with Gasteiger partial charge in [-0.2, -0.15) is 0 Å². The van der Waals surface area contributed by atoms with E-state index in [1.807, 2.05) is 0 Å². The number of para-hydroxylation sites is 1. The van der Waals surface area contributed by atoms with Gasteiger partial charge in [-0.25, -0.2) is 0 Å². The van der Waals surface area contributed by atoms with E-state index in [0.717, 1.165) is 25.7 Å². The van der Waals surface area contributed by atoms with Crippen molar-refractivity contribution >= 4 is 29.3 Å². The van der Waals surface area contributed by atoms with Crippen molar-refractivity contribution in [2.45, 2.75) is 49.7 Å². The minimum atomic E-state index is -1.35. The standard InChI is InChI=1S/C20H22N4O4/c21-14(25)9-13-15-16(18(27)24(17(15)26)10-5-1-2-6-10)20(23-13)11-7-3-4-8-12(11)22-19(20)28/h3-4,7-8,10,13,15-16,23H,1-2,5-6,9H2,(H2,21,25)(H,22,28)/t13-,15-,16+,20+/m1/s1. The Morgan fingerprint density at radius 1 is 1.14 bits per heavy atom. The molecule has 0 radical (unpaired) electrons. The Balaban J connectivity index is 1.64. The van der Waals surface area contributed by atoms with E-state index in [0.29, 0.717) is 11.3 Å². The summed E-state index contributed by atoms with van der Waals surface area (Å²) in [5.41, 5.74) is 5.35. The van der Waals surface area contributed by atoms with Crippen LogP contribution < -0.4 is 16.4 Å². The third-order valence-electron chi connectivity index (χ3n) is 6.77. The smallest absolute Gasteiger partial charge is 0.250 e. The quantitative estimate of drug-likeness (QED) is 0.646. The summed E-state index contributed by atoms with van der Waals surface area (Å²) in [4.78, 5) is 53.0. The van der Waals surface area contributed by atoms with E-state index in [4.69, 9.17) is 5.73 Å². The summed E-state index contributed by atoms with van der Waals surface area (Å²) in [6.45, 7) is 0. The molecule has 0 unspecified atom stereocenters. The zero-order valence-corrected chi connectivity index (χ0v) is 15.3. The highest BCUT2D eigenvalue weighted by Gasteiger charge is 2.71. The van der Waals surface area contributed by atoms with Gasteiger partial charge in [0.2, 0.25) is 23.6 Å². The Bertz CT molecular complexity index is 909. The predicted octanol–water partition coefficient (Wildman–Crippen LogP) is 0.225. The van der Waals surface area contributed by atoms with Crippen LogP contribution in [0.3, 0.4) is 0 Å². The van der Waals surface area contributed by atoms with Crippen molar-refractivity contribution in [2.24, 2.45) is 17.6 Å². The first-order valence-corrected chi connectivity index (χ1v) is 9.79. The minimum Gasteiger partial charge on any atom is -0.370 e. The molecule has 2 saturated heterocycles. The number of hydrogen-bond acceptors (Lipinski definition) is 5. The van der Waals surface area contributed by atoms with Gasteiger partial charge in [-0.05, 0) is 18.9 Å². The number of amides is 4. The summed E-state index contributed by atoms with van der Waals surface area (Å²) < 4.78 is 0. The van der Waals surface area contributed by atoms with E-state index in [2.05, 4.69) is 10.6 Å². The second-order valence-electron chi connectivity index (χ2n) is 8.22. The second-order valence-corrected chi connectivity index (χ2v) is 8.22. The number of imide groups is 1. The molecule has 8 heteroatoms. The lowest BCUT2D eigenvalue weighted by Crippen LogP contribution is -2.54. The summed E-state index contributed by atoms with van der Waals surface area (Å²) in [6.07, 6.45) is 3.44. The largest absolute Gasteiger partial charge is 0.370 e. The number of nitrogens with zero attached hydrogens (tertiary/aromatic N) is 1. The van der Waals surface area contributed by atoms with Gasteiger partial charge in [-0.1, -0.05) is 31.0 Å². The predicted molar refractivity (Wildman–Crippen MR) is 98.6 cm³/mol. The number of hydrogen-bond donors (Lipinski definition) is 3. The maximum Gasteiger partial charge on any atom is 0.250 e. The number of nitrogens with two attached hydrogens (primary N) is 1. The summed E-state index contributed by atoms with van der Waals surface area (Å²) in [6, 6.07) is 6.40. The van der Waals surface area contributed by atoms with Crippen LogP contribution >= 0.6 is 0 Å². The molecule has 1 aromatic carbocycles. The van der Waals surface area contributed by atoms with Crippen molar-refractivity contribution in [2.75, 3.05) is 5.32 Å². The fourth-order valence-electron chi connectivity index (χ4n) is 5.69. The summed E-state index contributed by atoms with van der Waals surface area (Å²) >= 11 is 0. The van der Waals surface area contributed by atoms with Crippen LogP contribution in [0.2, 0.25) is 0 Å². The van der Waals surface area contributed by atoms with Crippen LogP contribution in [-0.4, -0.2) is 40.6 Å². The lowest BCUT2D eigenvalue weighted by molar-refractivity contribution is -0.145. The topological polar surface area (TPSA) is 122 Å². The molecule has 28 heavy (non-hydrogen) atoms. The molecule has 5 rings (SSSR count). The number of anilines is 1. The van der Waals surface area contributed by atoms with Crippen LogP contribution in [0.1, 0.15) is 37.7 Å². The molecule has 0 aromatic heterocycles. The molecule has 1 saturated carbocycles. The first-order valence-electron chi connectivity index (χ1n) is 9.79.